The van der Waals surface area contributed by atoms with E-state index >= 15 is 0 Å². The minimum atomic E-state index is -0.427. The number of rotatable bonds is 4. The summed E-state index contributed by atoms with van der Waals surface area (Å²) >= 11 is 0. The van der Waals surface area contributed by atoms with Gasteiger partial charge >= 0.3 is 0 Å². The zero-order valence-corrected chi connectivity index (χ0v) is 16.5. The fourth-order valence-corrected chi connectivity index (χ4v) is 4.33. The van der Waals surface area contributed by atoms with Gasteiger partial charge in [-0.3, -0.25) is 19.3 Å². The van der Waals surface area contributed by atoms with E-state index in [0.717, 1.165) is 0 Å². The average Bonchev–Trinajstić information content (AvgIpc) is 2.97. The quantitative estimate of drug-likeness (QED) is 0.808. The van der Waals surface area contributed by atoms with Crippen LogP contribution in [0.5, 0.6) is 0 Å². The topological polar surface area (TPSA) is 81.8 Å². The van der Waals surface area contributed by atoms with Gasteiger partial charge in [0.2, 0.25) is 17.7 Å². The lowest BCUT2D eigenvalue weighted by atomic mass is 9.80. The second-order valence-corrected chi connectivity index (χ2v) is 7.88. The van der Waals surface area contributed by atoms with Gasteiger partial charge in [-0.25, -0.2) is 4.39 Å². The largest absolute Gasteiger partial charge is 0.349 e. The van der Waals surface area contributed by atoms with Crippen molar-refractivity contribution in [2.24, 2.45) is 5.92 Å². The summed E-state index contributed by atoms with van der Waals surface area (Å²) in [5, 5.41) is 5.84. The Morgan fingerprint density at radius 1 is 1.25 bits per heavy atom. The zero-order chi connectivity index (χ0) is 20.5. The summed E-state index contributed by atoms with van der Waals surface area (Å²) < 4.78 is 13.7. The number of carbonyl (C=O) groups is 3. The van der Waals surface area contributed by atoms with Gasteiger partial charge in [0.05, 0.1) is 12.1 Å². The molecule has 2 atom stereocenters. The number of nitrogens with one attached hydrogen (secondary N) is 2. The van der Waals surface area contributed by atoms with Crippen LogP contribution < -0.4 is 10.6 Å². The maximum atomic E-state index is 13.7. The van der Waals surface area contributed by atoms with Crippen LogP contribution in [0.4, 0.5) is 10.1 Å². The minimum Gasteiger partial charge on any atom is -0.349 e. The van der Waals surface area contributed by atoms with Crippen LogP contribution in [-0.4, -0.2) is 65.8 Å². The molecule has 28 heavy (non-hydrogen) atoms. The standard InChI is InChI=1S/C20H27FN4O3/c1-13-17(21)5-4-6-18(13)22-19(28)11-24-8-7-20(23-14(2)26)12-25(15(3)27)10-16(20)9-24/h4-6,16H,7-12H2,1-3H3,(H,22,28)(H,23,26)/t16-,20-/m1/s1. The van der Waals surface area contributed by atoms with Gasteiger partial charge in [0, 0.05) is 57.2 Å². The third-order valence-electron chi connectivity index (χ3n) is 5.83. The van der Waals surface area contributed by atoms with E-state index in [9.17, 15) is 18.8 Å². The Morgan fingerprint density at radius 3 is 2.68 bits per heavy atom. The second kappa shape index (κ2) is 7.87. The van der Waals surface area contributed by atoms with Gasteiger partial charge in [-0.2, -0.15) is 0 Å². The number of amides is 3. The number of likely N-dealkylation sites (tertiary alicyclic amines) is 2. The van der Waals surface area contributed by atoms with Crippen molar-refractivity contribution in [2.45, 2.75) is 32.7 Å². The van der Waals surface area contributed by atoms with Gasteiger partial charge in [0.15, 0.2) is 0 Å². The maximum absolute atomic E-state index is 13.7. The molecule has 0 aromatic heterocycles. The van der Waals surface area contributed by atoms with E-state index in [1.807, 2.05) is 4.90 Å². The molecule has 8 heteroatoms. The molecule has 0 unspecified atom stereocenters. The summed E-state index contributed by atoms with van der Waals surface area (Å²) in [6.07, 6.45) is 0.674. The molecule has 2 heterocycles. The third-order valence-corrected chi connectivity index (χ3v) is 5.83. The van der Waals surface area contributed by atoms with Crippen LogP contribution in [0.25, 0.3) is 0 Å². The first-order chi connectivity index (χ1) is 13.2. The number of anilines is 1. The van der Waals surface area contributed by atoms with Crippen LogP contribution in [0.2, 0.25) is 0 Å². The Kier molecular flexibility index (Phi) is 5.69. The summed E-state index contributed by atoms with van der Waals surface area (Å²) in [5.41, 5.74) is 0.453. The normalized spacial score (nSPS) is 24.6. The molecule has 152 valence electrons. The van der Waals surface area contributed by atoms with Crippen LogP contribution in [0.3, 0.4) is 0 Å². The summed E-state index contributed by atoms with van der Waals surface area (Å²) in [5.74, 6) is -0.612. The highest BCUT2D eigenvalue weighted by Gasteiger charge is 2.50. The van der Waals surface area contributed by atoms with Crippen LogP contribution in [0, 0.1) is 18.7 Å². The third kappa shape index (κ3) is 4.16. The molecule has 3 amide bonds. The lowest BCUT2D eigenvalue weighted by Gasteiger charge is -2.43. The van der Waals surface area contributed by atoms with Gasteiger partial charge in [-0.1, -0.05) is 6.07 Å². The van der Waals surface area contributed by atoms with Crippen molar-refractivity contribution >= 4 is 23.4 Å². The van der Waals surface area contributed by atoms with Crippen molar-refractivity contribution in [3.05, 3.63) is 29.6 Å². The van der Waals surface area contributed by atoms with E-state index in [0.29, 0.717) is 43.9 Å². The average molecular weight is 390 g/mol. The fraction of sp³-hybridized carbons (Fsp3) is 0.550. The number of piperidine rings is 1. The molecule has 1 aromatic rings. The highest BCUT2D eigenvalue weighted by Crippen LogP contribution is 2.35. The monoisotopic (exact) mass is 390 g/mol. The van der Waals surface area contributed by atoms with Crippen molar-refractivity contribution in [3.63, 3.8) is 0 Å². The molecule has 2 aliphatic heterocycles. The van der Waals surface area contributed by atoms with Crippen LogP contribution in [-0.2, 0) is 14.4 Å². The Bertz CT molecular complexity index is 800. The number of carbonyl (C=O) groups excluding carboxylic acids is 3. The predicted molar refractivity (Wildman–Crippen MR) is 103 cm³/mol. The molecule has 0 spiro atoms. The minimum absolute atomic E-state index is 0.00926. The van der Waals surface area contributed by atoms with Gasteiger partial charge in [-0.15, -0.1) is 0 Å². The van der Waals surface area contributed by atoms with Crippen molar-refractivity contribution < 1.29 is 18.8 Å². The molecule has 7 nitrogen and oxygen atoms in total. The van der Waals surface area contributed by atoms with E-state index in [1.165, 1.54) is 19.9 Å². The van der Waals surface area contributed by atoms with Crippen LogP contribution in [0.15, 0.2) is 18.2 Å². The molecular formula is C20H27FN4O3. The number of hydrogen-bond donors (Lipinski definition) is 2. The van der Waals surface area contributed by atoms with Crippen LogP contribution >= 0.6 is 0 Å². The highest BCUT2D eigenvalue weighted by atomic mass is 19.1. The van der Waals surface area contributed by atoms with E-state index in [1.54, 1.807) is 24.0 Å². The number of halogens is 1. The Morgan fingerprint density at radius 2 is 2.00 bits per heavy atom. The van der Waals surface area contributed by atoms with Crippen LogP contribution in [0.1, 0.15) is 25.8 Å². The smallest absolute Gasteiger partial charge is 0.238 e. The van der Waals surface area contributed by atoms with Crippen molar-refractivity contribution in [1.29, 1.82) is 0 Å². The molecule has 0 aliphatic carbocycles. The summed E-state index contributed by atoms with van der Waals surface area (Å²) in [6.45, 7) is 7.16. The number of hydrogen-bond acceptors (Lipinski definition) is 4. The number of nitrogens with zero attached hydrogens (tertiary/aromatic N) is 2. The summed E-state index contributed by atoms with van der Waals surface area (Å²) in [7, 11) is 0. The lowest BCUT2D eigenvalue weighted by molar-refractivity contribution is -0.128. The molecule has 2 aliphatic rings. The zero-order valence-electron chi connectivity index (χ0n) is 16.5. The van der Waals surface area contributed by atoms with E-state index in [2.05, 4.69) is 10.6 Å². The predicted octanol–water partition coefficient (Wildman–Crippen LogP) is 1.13. The molecule has 2 saturated heterocycles. The van der Waals surface area contributed by atoms with E-state index < -0.39 is 5.54 Å². The highest BCUT2D eigenvalue weighted by molar-refractivity contribution is 5.93. The van der Waals surface area contributed by atoms with Gasteiger partial charge in [0.1, 0.15) is 5.82 Å². The molecule has 0 saturated carbocycles. The van der Waals surface area contributed by atoms with Gasteiger partial charge < -0.3 is 15.5 Å². The lowest BCUT2D eigenvalue weighted by Crippen LogP contribution is -2.61. The first-order valence-corrected chi connectivity index (χ1v) is 9.52. The van der Waals surface area contributed by atoms with Crippen molar-refractivity contribution in [1.82, 2.24) is 15.1 Å². The number of fused-ring (bicyclic) bond motifs is 1. The Labute approximate surface area is 164 Å². The Balaban J connectivity index is 1.65. The number of benzene rings is 1. The summed E-state index contributed by atoms with van der Waals surface area (Å²) in [4.78, 5) is 39.8. The van der Waals surface area contributed by atoms with E-state index in [4.69, 9.17) is 0 Å². The molecule has 1 aromatic carbocycles. The van der Waals surface area contributed by atoms with E-state index in [-0.39, 0.29) is 36.0 Å². The molecule has 2 fully saturated rings. The fourth-order valence-electron chi connectivity index (χ4n) is 4.33. The van der Waals surface area contributed by atoms with Crippen molar-refractivity contribution in [2.75, 3.05) is 38.0 Å². The molecule has 2 N–H and O–H groups in total. The molecule has 0 bridgehead atoms. The van der Waals surface area contributed by atoms with Gasteiger partial charge in [-0.05, 0) is 25.5 Å². The molecule has 3 rings (SSSR count). The first-order valence-electron chi connectivity index (χ1n) is 9.52. The summed E-state index contributed by atoms with van der Waals surface area (Å²) in [6, 6.07) is 4.60. The first kappa shape index (κ1) is 20.3. The molecule has 0 radical (unpaired) electrons. The molecular weight excluding hydrogens is 363 g/mol. The maximum Gasteiger partial charge on any atom is 0.238 e. The SMILES string of the molecule is CC(=O)N[C@@]12CCN(CC(=O)Nc3cccc(F)c3C)C[C@@H]1CN(C(C)=O)C2. The Hall–Kier alpha value is -2.48. The second-order valence-electron chi connectivity index (χ2n) is 7.88. The van der Waals surface area contributed by atoms with Gasteiger partial charge in [0.25, 0.3) is 0 Å². The van der Waals surface area contributed by atoms with Crippen molar-refractivity contribution in [3.8, 4) is 0 Å².